The molecule has 0 aromatic rings. The van der Waals surface area contributed by atoms with Gasteiger partial charge in [-0.05, 0) is 18.8 Å². The second-order valence-electron chi connectivity index (χ2n) is 2.77. The Bertz CT molecular complexity index is 79.0. The maximum Gasteiger partial charge on any atom is 0.0665 e. The Hall–Kier alpha value is 0.440. The zero-order valence-corrected chi connectivity index (χ0v) is 7.10. The smallest absolute Gasteiger partial charge is 0.0665 e. The normalized spacial score (nSPS) is 24.7. The molecule has 0 amide bonds. The van der Waals surface area contributed by atoms with Crippen molar-refractivity contribution in [3.05, 3.63) is 0 Å². The topological polar surface area (TPSA) is 20.2 Å². The number of rotatable bonds is 2. The van der Waals surface area contributed by atoms with E-state index in [1.54, 1.807) is 0 Å². The van der Waals surface area contributed by atoms with Crippen LogP contribution in [0.1, 0.15) is 25.7 Å². The molecule has 0 aliphatic heterocycles. The van der Waals surface area contributed by atoms with Crippen molar-refractivity contribution in [3.63, 3.8) is 0 Å². The number of aliphatic hydroxyl groups is 1. The fraction of sp³-hybridized carbons (Fsp3) is 1.00. The van der Waals surface area contributed by atoms with Gasteiger partial charge >= 0.3 is 0 Å². The Balaban J connectivity index is 2.24. The van der Waals surface area contributed by atoms with Gasteiger partial charge in [0.15, 0.2) is 0 Å². The minimum absolute atomic E-state index is 0.0903. The van der Waals surface area contributed by atoms with Crippen LogP contribution in [0.15, 0.2) is 0 Å². The quantitative estimate of drug-likeness (QED) is 0.664. The third-order valence-electron chi connectivity index (χ3n) is 2.10. The highest BCUT2D eigenvalue weighted by molar-refractivity contribution is 9.09. The largest absolute Gasteiger partial charge is 0.392 e. The van der Waals surface area contributed by atoms with Gasteiger partial charge in [0.1, 0.15) is 0 Å². The van der Waals surface area contributed by atoms with E-state index >= 15 is 0 Å². The molecule has 0 heterocycles. The van der Waals surface area contributed by atoms with Crippen LogP contribution in [-0.2, 0) is 0 Å². The van der Waals surface area contributed by atoms with Crippen LogP contribution in [0.4, 0.5) is 0 Å². The van der Waals surface area contributed by atoms with Gasteiger partial charge in [-0.2, -0.15) is 0 Å². The lowest BCUT2D eigenvalue weighted by molar-refractivity contribution is 0.134. The van der Waals surface area contributed by atoms with Crippen molar-refractivity contribution in [1.82, 2.24) is 0 Å². The van der Waals surface area contributed by atoms with Crippen LogP contribution in [0.25, 0.3) is 0 Å². The van der Waals surface area contributed by atoms with Crippen LogP contribution in [0.2, 0.25) is 0 Å². The van der Waals surface area contributed by atoms with Gasteiger partial charge in [0, 0.05) is 5.33 Å². The summed E-state index contributed by atoms with van der Waals surface area (Å²) in [6.07, 6.45) is 5.00. The molecule has 1 saturated carbocycles. The molecular formula is C7H13BrO. The van der Waals surface area contributed by atoms with E-state index in [4.69, 9.17) is 0 Å². The lowest BCUT2D eigenvalue weighted by Gasteiger charge is -2.13. The van der Waals surface area contributed by atoms with Gasteiger partial charge in [0.2, 0.25) is 0 Å². The summed E-state index contributed by atoms with van der Waals surface area (Å²) in [4.78, 5) is 0. The fourth-order valence-electron chi connectivity index (χ4n) is 1.47. The van der Waals surface area contributed by atoms with E-state index in [0.29, 0.717) is 5.92 Å². The first-order chi connectivity index (χ1) is 4.34. The molecule has 1 N–H and O–H groups in total. The van der Waals surface area contributed by atoms with E-state index in [9.17, 15) is 5.11 Å². The second-order valence-corrected chi connectivity index (χ2v) is 3.41. The molecular weight excluding hydrogens is 180 g/mol. The molecule has 54 valence electrons. The van der Waals surface area contributed by atoms with Crippen molar-refractivity contribution >= 4 is 15.9 Å². The van der Waals surface area contributed by atoms with Crippen molar-refractivity contribution in [2.24, 2.45) is 5.92 Å². The molecule has 0 bridgehead atoms. The van der Waals surface area contributed by atoms with Crippen LogP contribution in [-0.4, -0.2) is 16.5 Å². The Morgan fingerprint density at radius 1 is 1.44 bits per heavy atom. The third kappa shape index (κ3) is 1.94. The first-order valence-electron chi connectivity index (χ1n) is 3.58. The predicted octanol–water partition coefficient (Wildman–Crippen LogP) is 1.93. The van der Waals surface area contributed by atoms with Gasteiger partial charge in [-0.1, -0.05) is 28.8 Å². The second kappa shape index (κ2) is 3.57. The number of aliphatic hydroxyl groups excluding tert-OH is 1. The maximum absolute atomic E-state index is 9.31. The lowest BCUT2D eigenvalue weighted by Crippen LogP contribution is -2.18. The molecule has 1 aliphatic carbocycles. The molecule has 0 spiro atoms. The molecule has 1 fully saturated rings. The zero-order chi connectivity index (χ0) is 6.69. The summed E-state index contributed by atoms with van der Waals surface area (Å²) in [7, 11) is 0. The summed E-state index contributed by atoms with van der Waals surface area (Å²) in [6, 6.07) is 0. The van der Waals surface area contributed by atoms with E-state index in [2.05, 4.69) is 15.9 Å². The standard InChI is InChI=1S/C7H13BrO/c8-5-7(9)6-3-1-2-4-6/h6-7,9H,1-5H2/t7-/m0/s1. The highest BCUT2D eigenvalue weighted by atomic mass is 79.9. The lowest BCUT2D eigenvalue weighted by atomic mass is 10.0. The average Bonchev–Trinajstić information content (AvgIpc) is 2.37. The van der Waals surface area contributed by atoms with Crippen LogP contribution in [0.5, 0.6) is 0 Å². The number of halogens is 1. The summed E-state index contributed by atoms with van der Waals surface area (Å²) in [5, 5.41) is 10.1. The predicted molar refractivity (Wildman–Crippen MR) is 41.8 cm³/mol. The maximum atomic E-state index is 9.31. The molecule has 0 unspecified atom stereocenters. The zero-order valence-electron chi connectivity index (χ0n) is 5.52. The fourth-order valence-corrected chi connectivity index (χ4v) is 2.00. The van der Waals surface area contributed by atoms with Gasteiger partial charge < -0.3 is 5.11 Å². The Morgan fingerprint density at radius 3 is 2.44 bits per heavy atom. The monoisotopic (exact) mass is 192 g/mol. The molecule has 0 saturated heterocycles. The summed E-state index contributed by atoms with van der Waals surface area (Å²) in [5.41, 5.74) is 0. The van der Waals surface area contributed by atoms with Gasteiger partial charge in [-0.3, -0.25) is 0 Å². The van der Waals surface area contributed by atoms with E-state index < -0.39 is 0 Å². The van der Waals surface area contributed by atoms with Gasteiger partial charge in [0.05, 0.1) is 6.10 Å². The van der Waals surface area contributed by atoms with Crippen molar-refractivity contribution in [3.8, 4) is 0 Å². The van der Waals surface area contributed by atoms with Crippen LogP contribution in [0.3, 0.4) is 0 Å². The van der Waals surface area contributed by atoms with Gasteiger partial charge in [-0.25, -0.2) is 0 Å². The third-order valence-corrected chi connectivity index (χ3v) is 2.77. The van der Waals surface area contributed by atoms with E-state index in [0.717, 1.165) is 5.33 Å². The van der Waals surface area contributed by atoms with Crippen LogP contribution in [0, 0.1) is 5.92 Å². The van der Waals surface area contributed by atoms with Crippen LogP contribution < -0.4 is 0 Å². The molecule has 9 heavy (non-hydrogen) atoms. The summed E-state index contributed by atoms with van der Waals surface area (Å²) < 4.78 is 0. The molecule has 1 atom stereocenters. The number of hydrogen-bond acceptors (Lipinski definition) is 1. The molecule has 2 heteroatoms. The summed E-state index contributed by atoms with van der Waals surface area (Å²) in [5.74, 6) is 0.587. The molecule has 1 rings (SSSR count). The highest BCUT2D eigenvalue weighted by Gasteiger charge is 2.21. The van der Waals surface area contributed by atoms with Crippen molar-refractivity contribution in [1.29, 1.82) is 0 Å². The molecule has 1 nitrogen and oxygen atoms in total. The van der Waals surface area contributed by atoms with Crippen molar-refractivity contribution < 1.29 is 5.11 Å². The Labute approximate surface area is 64.6 Å². The summed E-state index contributed by atoms with van der Waals surface area (Å²) >= 11 is 3.27. The van der Waals surface area contributed by atoms with E-state index in [-0.39, 0.29) is 6.10 Å². The molecule has 0 radical (unpaired) electrons. The first-order valence-corrected chi connectivity index (χ1v) is 4.71. The Kier molecular flexibility index (Phi) is 2.99. The van der Waals surface area contributed by atoms with Crippen molar-refractivity contribution in [2.45, 2.75) is 31.8 Å². The van der Waals surface area contributed by atoms with Crippen LogP contribution >= 0.6 is 15.9 Å². The minimum atomic E-state index is -0.0903. The minimum Gasteiger partial charge on any atom is -0.392 e. The number of hydrogen-bond donors (Lipinski definition) is 1. The Morgan fingerprint density at radius 2 is 2.00 bits per heavy atom. The molecule has 0 aromatic heterocycles. The van der Waals surface area contributed by atoms with Gasteiger partial charge in [-0.15, -0.1) is 0 Å². The summed E-state index contributed by atoms with van der Waals surface area (Å²) in [6.45, 7) is 0. The molecule has 1 aliphatic rings. The average molecular weight is 193 g/mol. The van der Waals surface area contributed by atoms with Gasteiger partial charge in [0.25, 0.3) is 0 Å². The SMILES string of the molecule is O[C@@H](CBr)C1CCCC1. The van der Waals surface area contributed by atoms with E-state index in [1.807, 2.05) is 0 Å². The highest BCUT2D eigenvalue weighted by Crippen LogP contribution is 2.28. The van der Waals surface area contributed by atoms with Crippen molar-refractivity contribution in [2.75, 3.05) is 5.33 Å². The van der Waals surface area contributed by atoms with E-state index in [1.165, 1.54) is 25.7 Å². The molecule has 0 aromatic carbocycles. The first kappa shape index (κ1) is 7.55. The number of alkyl halides is 1.